The Labute approximate surface area is 170 Å². The van der Waals surface area contributed by atoms with Crippen molar-refractivity contribution in [3.8, 4) is 0 Å². The first-order valence-electron chi connectivity index (χ1n) is 10.6. The fraction of sp³-hybridized carbons (Fsp3) is 0.591. The van der Waals surface area contributed by atoms with Crippen molar-refractivity contribution in [3.63, 3.8) is 0 Å². The van der Waals surface area contributed by atoms with E-state index >= 15 is 0 Å². The molecule has 5 nitrogen and oxygen atoms in total. The Hall–Kier alpha value is -1.82. The quantitative estimate of drug-likeness (QED) is 0.589. The van der Waals surface area contributed by atoms with Crippen LogP contribution in [0.25, 0.3) is 0 Å². The molecule has 1 aromatic heterocycles. The van der Waals surface area contributed by atoms with Crippen LogP contribution in [-0.2, 0) is 11.3 Å². The van der Waals surface area contributed by atoms with E-state index in [-0.39, 0.29) is 5.91 Å². The molecule has 0 aliphatic heterocycles. The first kappa shape index (κ1) is 18.2. The fourth-order valence-electron chi connectivity index (χ4n) is 3.96. The highest BCUT2D eigenvalue weighted by Crippen LogP contribution is 2.46. The van der Waals surface area contributed by atoms with E-state index in [1.54, 1.807) is 11.8 Å². The normalized spacial score (nSPS) is 20.2. The highest BCUT2D eigenvalue weighted by Gasteiger charge is 2.37. The van der Waals surface area contributed by atoms with Crippen LogP contribution >= 0.6 is 11.8 Å². The zero-order valence-electron chi connectivity index (χ0n) is 16.5. The second-order valence-corrected chi connectivity index (χ2v) is 9.53. The smallest absolute Gasteiger partial charge is 0.233 e. The van der Waals surface area contributed by atoms with Crippen LogP contribution in [0.5, 0.6) is 0 Å². The minimum atomic E-state index is 0.214. The number of nitrogens with zero attached hydrogens (tertiary/aromatic N) is 4. The molecule has 0 N–H and O–H groups in total. The van der Waals surface area contributed by atoms with Gasteiger partial charge in [0.1, 0.15) is 5.82 Å². The first-order chi connectivity index (χ1) is 13.7. The largest absolute Gasteiger partial charge is 0.335 e. The Morgan fingerprint density at radius 3 is 2.54 bits per heavy atom. The molecule has 0 radical (unpaired) electrons. The van der Waals surface area contributed by atoms with Gasteiger partial charge in [-0.15, -0.1) is 10.2 Å². The van der Waals surface area contributed by atoms with Crippen LogP contribution in [-0.4, -0.2) is 37.4 Å². The van der Waals surface area contributed by atoms with Gasteiger partial charge in [0, 0.05) is 24.5 Å². The average Bonchev–Trinajstić information content (AvgIpc) is 3.56. The van der Waals surface area contributed by atoms with Crippen molar-refractivity contribution in [3.05, 3.63) is 41.7 Å². The maximum atomic E-state index is 13.2. The lowest BCUT2D eigenvalue weighted by Crippen LogP contribution is -2.40. The Morgan fingerprint density at radius 2 is 1.89 bits per heavy atom. The summed E-state index contributed by atoms with van der Waals surface area (Å²) in [5.74, 6) is 3.08. The molecular formula is C22H28N4OS. The van der Waals surface area contributed by atoms with E-state index in [0.717, 1.165) is 11.0 Å². The molecule has 0 spiro atoms. The molecule has 1 amide bonds. The monoisotopic (exact) mass is 396 g/mol. The van der Waals surface area contributed by atoms with E-state index in [0.29, 0.717) is 36.2 Å². The van der Waals surface area contributed by atoms with Crippen molar-refractivity contribution in [1.82, 2.24) is 19.7 Å². The number of thioether (sulfide) groups is 1. The summed E-state index contributed by atoms with van der Waals surface area (Å²) in [5, 5.41) is 9.86. The summed E-state index contributed by atoms with van der Waals surface area (Å²) in [6.07, 6.45) is 7.40. The Bertz CT molecular complexity index is 839. The van der Waals surface area contributed by atoms with Gasteiger partial charge < -0.3 is 9.47 Å². The van der Waals surface area contributed by atoms with Crippen LogP contribution in [0.15, 0.2) is 35.5 Å². The lowest BCUT2D eigenvalue weighted by atomic mass is 10.1. The summed E-state index contributed by atoms with van der Waals surface area (Å²) < 4.78 is 2.33. The molecule has 1 atom stereocenters. The summed E-state index contributed by atoms with van der Waals surface area (Å²) in [6.45, 7) is 2.90. The third kappa shape index (κ3) is 3.97. The summed E-state index contributed by atoms with van der Waals surface area (Å²) >= 11 is 1.58. The van der Waals surface area contributed by atoms with E-state index in [2.05, 4.69) is 38.7 Å². The van der Waals surface area contributed by atoms with E-state index in [9.17, 15) is 4.79 Å². The van der Waals surface area contributed by atoms with E-state index in [1.165, 1.54) is 44.1 Å². The van der Waals surface area contributed by atoms with Crippen molar-refractivity contribution in [2.75, 3.05) is 5.75 Å². The number of carbonyl (C=O) groups is 1. The zero-order valence-corrected chi connectivity index (χ0v) is 17.3. The Kier molecular flexibility index (Phi) is 4.91. The van der Waals surface area contributed by atoms with Crippen molar-refractivity contribution in [1.29, 1.82) is 0 Å². The van der Waals surface area contributed by atoms with Crippen molar-refractivity contribution >= 4 is 17.7 Å². The van der Waals surface area contributed by atoms with Crippen molar-refractivity contribution in [2.45, 2.75) is 75.2 Å². The molecule has 1 unspecified atom stereocenters. The van der Waals surface area contributed by atoms with Gasteiger partial charge in [-0.2, -0.15) is 0 Å². The van der Waals surface area contributed by atoms with Gasteiger partial charge in [-0.05, 0) is 56.9 Å². The summed E-state index contributed by atoms with van der Waals surface area (Å²) in [6, 6.07) is 11.2. The summed E-state index contributed by atoms with van der Waals surface area (Å²) in [5.41, 5.74) is 1.20. The molecule has 1 heterocycles. The minimum Gasteiger partial charge on any atom is -0.335 e. The number of benzene rings is 1. The molecule has 3 saturated carbocycles. The third-order valence-corrected chi connectivity index (χ3v) is 7.11. The van der Waals surface area contributed by atoms with Crippen LogP contribution in [0.4, 0.5) is 0 Å². The molecule has 5 rings (SSSR count). The topological polar surface area (TPSA) is 51.0 Å². The minimum absolute atomic E-state index is 0.214. The standard InChI is InChI=1S/C22H28N4OS/c1-15(17-7-8-17)25(13-16-5-3-2-4-6-16)20(27)14-28-22-24-23-21(18-9-10-18)26(22)19-11-12-19/h2-6,15,17-19H,7-14H2,1H3. The third-order valence-electron chi connectivity index (χ3n) is 6.18. The average molecular weight is 397 g/mol. The predicted molar refractivity (Wildman–Crippen MR) is 110 cm³/mol. The van der Waals surface area contributed by atoms with E-state index in [1.807, 2.05) is 18.2 Å². The number of rotatable bonds is 9. The second kappa shape index (κ2) is 7.54. The summed E-state index contributed by atoms with van der Waals surface area (Å²) in [7, 11) is 0. The maximum Gasteiger partial charge on any atom is 0.233 e. The van der Waals surface area contributed by atoms with Gasteiger partial charge >= 0.3 is 0 Å². The number of aromatic nitrogens is 3. The zero-order chi connectivity index (χ0) is 19.1. The molecule has 6 heteroatoms. The van der Waals surface area contributed by atoms with Gasteiger partial charge in [-0.3, -0.25) is 4.79 Å². The molecule has 3 aliphatic rings. The van der Waals surface area contributed by atoms with Crippen LogP contribution in [0.3, 0.4) is 0 Å². The molecule has 2 aromatic rings. The molecular weight excluding hydrogens is 368 g/mol. The molecule has 3 aliphatic carbocycles. The number of carbonyl (C=O) groups excluding carboxylic acids is 1. The molecule has 3 fully saturated rings. The van der Waals surface area contributed by atoms with Crippen LogP contribution < -0.4 is 0 Å². The van der Waals surface area contributed by atoms with Crippen LogP contribution in [0, 0.1) is 5.92 Å². The Balaban J connectivity index is 1.28. The van der Waals surface area contributed by atoms with E-state index < -0.39 is 0 Å². The maximum absolute atomic E-state index is 13.2. The number of hydrogen-bond acceptors (Lipinski definition) is 4. The number of hydrogen-bond donors (Lipinski definition) is 0. The van der Waals surface area contributed by atoms with Crippen LogP contribution in [0.2, 0.25) is 0 Å². The highest BCUT2D eigenvalue weighted by atomic mass is 32.2. The van der Waals surface area contributed by atoms with E-state index in [4.69, 9.17) is 0 Å². The first-order valence-corrected chi connectivity index (χ1v) is 11.6. The van der Waals surface area contributed by atoms with Gasteiger partial charge in [0.25, 0.3) is 0 Å². The Morgan fingerprint density at radius 1 is 1.14 bits per heavy atom. The SMILES string of the molecule is CC(C1CC1)N(Cc1ccccc1)C(=O)CSc1nnc(C2CC2)n1C1CC1. The second-order valence-electron chi connectivity index (χ2n) is 8.59. The van der Waals surface area contributed by atoms with Crippen LogP contribution in [0.1, 0.15) is 68.8 Å². The van der Waals surface area contributed by atoms with Gasteiger partial charge in [0.15, 0.2) is 5.16 Å². The highest BCUT2D eigenvalue weighted by molar-refractivity contribution is 7.99. The molecule has 1 aromatic carbocycles. The van der Waals surface area contributed by atoms with Gasteiger partial charge in [-0.1, -0.05) is 42.1 Å². The van der Waals surface area contributed by atoms with Gasteiger partial charge in [0.05, 0.1) is 5.75 Å². The van der Waals surface area contributed by atoms with Crippen molar-refractivity contribution in [2.24, 2.45) is 5.92 Å². The molecule has 0 bridgehead atoms. The molecule has 0 saturated heterocycles. The lowest BCUT2D eigenvalue weighted by molar-refractivity contribution is -0.131. The van der Waals surface area contributed by atoms with Gasteiger partial charge in [-0.25, -0.2) is 0 Å². The molecule has 148 valence electrons. The molecule has 28 heavy (non-hydrogen) atoms. The fourth-order valence-corrected chi connectivity index (χ4v) is 4.86. The predicted octanol–water partition coefficient (Wildman–Crippen LogP) is 4.41. The van der Waals surface area contributed by atoms with Crippen molar-refractivity contribution < 1.29 is 4.79 Å². The lowest BCUT2D eigenvalue weighted by Gasteiger charge is -2.29. The summed E-state index contributed by atoms with van der Waals surface area (Å²) in [4.78, 5) is 15.3. The number of amides is 1. The van der Waals surface area contributed by atoms with Gasteiger partial charge in [0.2, 0.25) is 5.91 Å².